The van der Waals surface area contributed by atoms with E-state index in [1.807, 2.05) is 0 Å². The lowest BCUT2D eigenvalue weighted by molar-refractivity contribution is 0.0827. The number of nitrogens with zero attached hydrogens (tertiary/aromatic N) is 1. The number of rotatable bonds is 9. The topological polar surface area (TPSA) is 70.7 Å². The van der Waals surface area contributed by atoms with Crippen LogP contribution in [0.25, 0.3) is 0 Å². The molecule has 0 saturated carbocycles. The first-order chi connectivity index (χ1) is 14.4. The molecular weight excluding hydrogens is 398 g/mol. The Hall–Kier alpha value is -2.93. The van der Waals surface area contributed by atoms with Gasteiger partial charge in [-0.15, -0.1) is 0 Å². The molecule has 160 valence electrons. The van der Waals surface area contributed by atoms with Gasteiger partial charge in [0.15, 0.2) is 5.11 Å². The number of thiocarbonyl (C=S) groups is 1. The predicted octanol–water partition coefficient (Wildman–Crippen LogP) is 4.47. The zero-order valence-electron chi connectivity index (χ0n) is 17.7. The summed E-state index contributed by atoms with van der Waals surface area (Å²) in [6.07, 6.45) is 4.60. The van der Waals surface area contributed by atoms with Gasteiger partial charge in [-0.25, -0.2) is 0 Å². The molecular formula is C23H29N3O3S. The number of ether oxygens (including phenoxy) is 1. The van der Waals surface area contributed by atoms with Crippen molar-refractivity contribution in [1.82, 2.24) is 10.2 Å². The smallest absolute Gasteiger partial charge is 0.257 e. The fraction of sp³-hybridized carbons (Fsp3) is 0.348. The highest BCUT2D eigenvalue weighted by atomic mass is 32.1. The molecule has 0 radical (unpaired) electrons. The Morgan fingerprint density at radius 1 is 1.00 bits per heavy atom. The van der Waals surface area contributed by atoms with Crippen LogP contribution in [-0.2, 0) is 0 Å². The number of hydrogen-bond acceptors (Lipinski definition) is 4. The number of benzene rings is 2. The monoisotopic (exact) mass is 427 g/mol. The minimum absolute atomic E-state index is 0.110. The predicted molar refractivity (Wildman–Crippen MR) is 124 cm³/mol. The second kappa shape index (κ2) is 11.9. The SMILES string of the molecule is CCCCCCOc1ccc(C(=O)NC(=S)Nc2cccc(C(=O)N(C)C)c2)cc1. The van der Waals surface area contributed by atoms with Gasteiger partial charge in [0.05, 0.1) is 6.61 Å². The van der Waals surface area contributed by atoms with Gasteiger partial charge in [0.25, 0.3) is 11.8 Å². The third kappa shape index (κ3) is 7.48. The maximum Gasteiger partial charge on any atom is 0.257 e. The summed E-state index contributed by atoms with van der Waals surface area (Å²) in [7, 11) is 3.38. The summed E-state index contributed by atoms with van der Waals surface area (Å²) in [5, 5.41) is 5.74. The van der Waals surface area contributed by atoms with Crippen molar-refractivity contribution in [2.75, 3.05) is 26.0 Å². The van der Waals surface area contributed by atoms with Crippen molar-refractivity contribution in [3.8, 4) is 5.75 Å². The van der Waals surface area contributed by atoms with Crippen LogP contribution >= 0.6 is 12.2 Å². The average Bonchev–Trinajstić information content (AvgIpc) is 2.73. The molecule has 0 atom stereocenters. The van der Waals surface area contributed by atoms with Gasteiger partial charge in [-0.2, -0.15) is 0 Å². The summed E-state index contributed by atoms with van der Waals surface area (Å²) in [5.41, 5.74) is 1.64. The summed E-state index contributed by atoms with van der Waals surface area (Å²) in [6, 6.07) is 13.9. The van der Waals surface area contributed by atoms with Crippen LogP contribution in [0.3, 0.4) is 0 Å². The van der Waals surface area contributed by atoms with Gasteiger partial charge in [-0.1, -0.05) is 32.3 Å². The fourth-order valence-corrected chi connectivity index (χ4v) is 2.96. The largest absolute Gasteiger partial charge is 0.494 e. The number of nitrogens with one attached hydrogen (secondary N) is 2. The Morgan fingerprint density at radius 2 is 1.73 bits per heavy atom. The van der Waals surface area contributed by atoms with Crippen LogP contribution in [0.2, 0.25) is 0 Å². The summed E-state index contributed by atoms with van der Waals surface area (Å²) < 4.78 is 5.69. The number of unbranched alkanes of at least 4 members (excludes halogenated alkanes) is 3. The van der Waals surface area contributed by atoms with Crippen LogP contribution in [-0.4, -0.2) is 42.5 Å². The van der Waals surface area contributed by atoms with Gasteiger partial charge >= 0.3 is 0 Å². The van der Waals surface area contributed by atoms with Gasteiger partial charge in [0.2, 0.25) is 0 Å². The van der Waals surface area contributed by atoms with E-state index in [2.05, 4.69) is 17.6 Å². The van der Waals surface area contributed by atoms with Crippen molar-refractivity contribution in [3.05, 3.63) is 59.7 Å². The molecule has 6 nitrogen and oxygen atoms in total. The van der Waals surface area contributed by atoms with Crippen LogP contribution in [0.5, 0.6) is 5.75 Å². The number of carbonyl (C=O) groups excluding carboxylic acids is 2. The van der Waals surface area contributed by atoms with Crippen molar-refractivity contribution in [1.29, 1.82) is 0 Å². The molecule has 2 N–H and O–H groups in total. The molecule has 0 aliphatic carbocycles. The molecule has 2 aromatic rings. The minimum atomic E-state index is -0.317. The van der Waals surface area contributed by atoms with Gasteiger partial charge in [0.1, 0.15) is 5.75 Å². The van der Waals surface area contributed by atoms with Crippen LogP contribution in [0.1, 0.15) is 53.3 Å². The Balaban J connectivity index is 1.86. The number of anilines is 1. The van der Waals surface area contributed by atoms with E-state index < -0.39 is 0 Å². The highest BCUT2D eigenvalue weighted by Crippen LogP contribution is 2.14. The molecule has 0 unspecified atom stereocenters. The second-order valence-electron chi connectivity index (χ2n) is 7.12. The Labute approximate surface area is 183 Å². The molecule has 2 aromatic carbocycles. The van der Waals surface area contributed by atoms with Crippen molar-refractivity contribution < 1.29 is 14.3 Å². The lowest BCUT2D eigenvalue weighted by Gasteiger charge is -2.13. The first kappa shape index (κ1) is 23.3. The molecule has 2 rings (SSSR count). The van der Waals surface area contributed by atoms with Crippen LogP contribution in [0.15, 0.2) is 48.5 Å². The Morgan fingerprint density at radius 3 is 2.40 bits per heavy atom. The van der Waals surface area contributed by atoms with Gasteiger partial charge < -0.3 is 15.0 Å². The van der Waals surface area contributed by atoms with E-state index in [1.165, 1.54) is 17.7 Å². The maximum absolute atomic E-state index is 12.4. The van der Waals surface area contributed by atoms with Crippen LogP contribution < -0.4 is 15.4 Å². The molecule has 7 heteroatoms. The summed E-state index contributed by atoms with van der Waals surface area (Å²) in [6.45, 7) is 2.85. The molecule has 30 heavy (non-hydrogen) atoms. The number of carbonyl (C=O) groups is 2. The van der Waals surface area contributed by atoms with Crippen molar-refractivity contribution in [2.45, 2.75) is 32.6 Å². The number of hydrogen-bond donors (Lipinski definition) is 2. The molecule has 0 spiro atoms. The van der Waals surface area contributed by atoms with E-state index in [0.29, 0.717) is 23.4 Å². The summed E-state index contributed by atoms with van der Waals surface area (Å²) in [4.78, 5) is 26.0. The molecule has 0 aliphatic heterocycles. The molecule has 0 heterocycles. The van der Waals surface area contributed by atoms with E-state index in [0.717, 1.165) is 18.6 Å². The Kier molecular flexibility index (Phi) is 9.28. The van der Waals surface area contributed by atoms with Crippen LogP contribution in [0, 0.1) is 0 Å². The van der Waals surface area contributed by atoms with E-state index in [4.69, 9.17) is 17.0 Å². The molecule has 0 aliphatic rings. The number of amides is 2. The van der Waals surface area contributed by atoms with Crippen molar-refractivity contribution >= 4 is 34.8 Å². The summed E-state index contributed by atoms with van der Waals surface area (Å²) >= 11 is 5.23. The molecule has 2 amide bonds. The van der Waals surface area contributed by atoms with Gasteiger partial charge in [-0.05, 0) is 61.1 Å². The molecule has 0 bridgehead atoms. The third-order valence-corrected chi connectivity index (χ3v) is 4.59. The minimum Gasteiger partial charge on any atom is -0.494 e. The standard InChI is InChI=1S/C23H29N3O3S/c1-4-5-6-7-15-29-20-13-11-17(12-14-20)21(27)25-23(30)24-19-10-8-9-18(16-19)22(28)26(2)3/h8-14,16H,4-7,15H2,1-3H3,(H2,24,25,27,30). The highest BCUT2D eigenvalue weighted by molar-refractivity contribution is 7.80. The molecule has 0 saturated heterocycles. The van der Waals surface area contributed by atoms with E-state index in [9.17, 15) is 9.59 Å². The van der Waals surface area contributed by atoms with Crippen molar-refractivity contribution in [2.24, 2.45) is 0 Å². The fourth-order valence-electron chi connectivity index (χ4n) is 2.75. The zero-order valence-corrected chi connectivity index (χ0v) is 18.6. The highest BCUT2D eigenvalue weighted by Gasteiger charge is 2.11. The lowest BCUT2D eigenvalue weighted by atomic mass is 10.2. The molecule has 0 aromatic heterocycles. The summed E-state index contributed by atoms with van der Waals surface area (Å²) in [5.74, 6) is 0.315. The first-order valence-corrected chi connectivity index (χ1v) is 10.5. The second-order valence-corrected chi connectivity index (χ2v) is 7.53. The zero-order chi connectivity index (χ0) is 21.9. The third-order valence-electron chi connectivity index (χ3n) is 4.38. The Bertz CT molecular complexity index is 866. The van der Waals surface area contributed by atoms with Gasteiger partial charge in [-0.3, -0.25) is 14.9 Å². The van der Waals surface area contributed by atoms with E-state index in [1.54, 1.807) is 62.6 Å². The lowest BCUT2D eigenvalue weighted by Crippen LogP contribution is -2.34. The molecule has 0 fully saturated rings. The maximum atomic E-state index is 12.4. The van der Waals surface area contributed by atoms with E-state index in [-0.39, 0.29) is 16.9 Å². The first-order valence-electron chi connectivity index (χ1n) is 10.1. The quantitative estimate of drug-likeness (QED) is 0.456. The van der Waals surface area contributed by atoms with Gasteiger partial charge in [0, 0.05) is 30.9 Å². The average molecular weight is 428 g/mol. The normalized spacial score (nSPS) is 10.2. The van der Waals surface area contributed by atoms with Crippen LogP contribution in [0.4, 0.5) is 5.69 Å². The van der Waals surface area contributed by atoms with E-state index >= 15 is 0 Å². The van der Waals surface area contributed by atoms with Crippen molar-refractivity contribution in [3.63, 3.8) is 0 Å².